The lowest BCUT2D eigenvalue weighted by Crippen LogP contribution is -2.36. The van der Waals surface area contributed by atoms with E-state index in [0.29, 0.717) is 15.6 Å². The van der Waals surface area contributed by atoms with Gasteiger partial charge in [-0.3, -0.25) is 0 Å². The first-order valence-electron chi connectivity index (χ1n) is 3.82. The zero-order valence-electron chi connectivity index (χ0n) is 6.96. The van der Waals surface area contributed by atoms with Gasteiger partial charge in [0.15, 0.2) is 0 Å². The van der Waals surface area contributed by atoms with Crippen molar-refractivity contribution in [3.63, 3.8) is 0 Å². The fourth-order valence-electron chi connectivity index (χ4n) is 1.09. The first kappa shape index (κ1) is 8.83. The van der Waals surface area contributed by atoms with Gasteiger partial charge in [0.05, 0.1) is 10.1 Å². The lowest BCUT2D eigenvalue weighted by Gasteiger charge is -2.03. The zero-order valence-corrected chi connectivity index (χ0v) is 7.72. The van der Waals surface area contributed by atoms with E-state index in [1.807, 2.05) is 0 Å². The van der Waals surface area contributed by atoms with Gasteiger partial charge >= 0.3 is 5.88 Å². The van der Waals surface area contributed by atoms with Crippen LogP contribution in [0.4, 0.5) is 0 Å². The van der Waals surface area contributed by atoms with E-state index < -0.39 is 0 Å². The monoisotopic (exact) mass is 211 g/mol. The maximum Gasteiger partial charge on any atom is 0.393 e. The highest BCUT2D eigenvalue weighted by Gasteiger charge is 2.14. The molecule has 0 unspecified atom stereocenters. The second-order valence-electron chi connectivity index (χ2n) is 2.63. The quantitative estimate of drug-likeness (QED) is 0.562. The van der Waals surface area contributed by atoms with Crippen molar-refractivity contribution in [2.24, 2.45) is 0 Å². The average molecular weight is 212 g/mol. The second-order valence-corrected chi connectivity index (χ2v) is 3.04. The molecule has 0 radical (unpaired) electrons. The molecule has 0 atom stereocenters. The van der Waals surface area contributed by atoms with E-state index in [0.717, 1.165) is 11.0 Å². The molecule has 1 N–H and O–H groups in total. The van der Waals surface area contributed by atoms with Crippen LogP contribution in [0.2, 0.25) is 5.02 Å². The molecule has 0 saturated carbocycles. The summed E-state index contributed by atoms with van der Waals surface area (Å²) in [5.41, 5.74) is 0.421. The van der Waals surface area contributed by atoms with Gasteiger partial charge in [-0.1, -0.05) is 23.7 Å². The Bertz CT molecular complexity index is 469. The Balaban J connectivity index is 2.60. The number of aromatic hydroxyl groups is 1. The molecular weight excluding hydrogens is 206 g/mol. The largest absolute Gasteiger partial charge is 0.692 e. The molecular formula is C8H6ClN3O2. The summed E-state index contributed by atoms with van der Waals surface area (Å²) < 4.78 is 0. The molecule has 0 aliphatic rings. The molecule has 1 heterocycles. The summed E-state index contributed by atoms with van der Waals surface area (Å²) >= 11 is 5.85. The third kappa shape index (κ3) is 1.38. The minimum absolute atomic E-state index is 0.347. The molecule has 0 aliphatic carbocycles. The molecule has 5 nitrogen and oxygen atoms in total. The van der Waals surface area contributed by atoms with Crippen molar-refractivity contribution in [2.75, 3.05) is 0 Å². The highest BCUT2D eigenvalue weighted by Crippen LogP contribution is 2.17. The van der Waals surface area contributed by atoms with Gasteiger partial charge in [-0.25, -0.2) is 0 Å². The number of benzene rings is 1. The number of nitrogens with zero attached hydrogens (tertiary/aromatic N) is 3. The second kappa shape index (κ2) is 3.19. The number of halogens is 1. The molecule has 0 fully saturated rings. The number of hydrogen-bond donors (Lipinski definition) is 1. The summed E-state index contributed by atoms with van der Waals surface area (Å²) in [6.45, 7) is 0. The number of rotatable bonds is 1. The lowest BCUT2D eigenvalue weighted by molar-refractivity contribution is -0.688. The first-order chi connectivity index (χ1) is 6.68. The molecule has 1 aromatic heterocycles. The van der Waals surface area contributed by atoms with E-state index in [2.05, 4.69) is 5.10 Å². The molecule has 2 rings (SSSR count). The van der Waals surface area contributed by atoms with Gasteiger partial charge in [0, 0.05) is 0 Å². The van der Waals surface area contributed by atoms with Crippen molar-refractivity contribution >= 4 is 11.6 Å². The highest BCUT2D eigenvalue weighted by atomic mass is 35.5. The molecule has 0 spiro atoms. The third-order valence-corrected chi connectivity index (χ3v) is 2.00. The minimum atomic E-state index is -0.347. The van der Waals surface area contributed by atoms with E-state index in [1.54, 1.807) is 24.3 Å². The van der Waals surface area contributed by atoms with Gasteiger partial charge in [0.25, 0.3) is 0 Å². The van der Waals surface area contributed by atoms with Crippen LogP contribution in [0, 0.1) is 5.21 Å². The summed E-state index contributed by atoms with van der Waals surface area (Å²) in [7, 11) is 0. The van der Waals surface area contributed by atoms with Gasteiger partial charge in [0.1, 0.15) is 5.69 Å². The van der Waals surface area contributed by atoms with E-state index in [1.165, 1.54) is 0 Å². The van der Waals surface area contributed by atoms with Crippen LogP contribution in [0.25, 0.3) is 5.69 Å². The standard InChI is InChI=1S/C8H6ClN3O2/c9-6-3-1-2-4-7(6)12-10-8(13)5-11(12)14/h1-5H,(H,10,13). The van der Waals surface area contributed by atoms with Crippen LogP contribution in [-0.2, 0) is 0 Å². The van der Waals surface area contributed by atoms with Gasteiger partial charge in [0.2, 0.25) is 6.20 Å². The molecule has 14 heavy (non-hydrogen) atoms. The van der Waals surface area contributed by atoms with Crippen molar-refractivity contribution in [3.8, 4) is 11.6 Å². The highest BCUT2D eigenvalue weighted by molar-refractivity contribution is 6.32. The Morgan fingerprint density at radius 2 is 2.14 bits per heavy atom. The fourth-order valence-corrected chi connectivity index (χ4v) is 1.31. The summed E-state index contributed by atoms with van der Waals surface area (Å²) in [5.74, 6) is -0.347. The number of aromatic nitrogens is 3. The van der Waals surface area contributed by atoms with Crippen molar-refractivity contribution in [2.45, 2.75) is 0 Å². The summed E-state index contributed by atoms with van der Waals surface area (Å²) in [4.78, 5) is 1.37. The molecule has 0 saturated heterocycles. The van der Waals surface area contributed by atoms with Crippen molar-refractivity contribution < 1.29 is 9.95 Å². The zero-order chi connectivity index (χ0) is 10.1. The summed E-state index contributed by atoms with van der Waals surface area (Å²) in [6.07, 6.45) is 0.948. The molecule has 0 aliphatic heterocycles. The maximum atomic E-state index is 11.2. The smallest absolute Gasteiger partial charge is 0.393 e. The summed E-state index contributed by atoms with van der Waals surface area (Å²) in [5, 5.41) is 24.2. The van der Waals surface area contributed by atoms with Crippen molar-refractivity contribution in [1.82, 2.24) is 9.90 Å². The molecule has 6 heteroatoms. The Labute approximate surface area is 84.3 Å². The number of para-hydroxylation sites is 1. The fraction of sp³-hybridized carbons (Fsp3) is 0. The van der Waals surface area contributed by atoms with Crippen LogP contribution in [0.15, 0.2) is 30.5 Å². The van der Waals surface area contributed by atoms with Crippen LogP contribution in [0.1, 0.15) is 0 Å². The Hall–Kier alpha value is -1.75. The van der Waals surface area contributed by atoms with Crippen molar-refractivity contribution in [3.05, 3.63) is 40.7 Å². The SMILES string of the molecule is [O-][n+]1cc(O)nn1-c1ccccc1Cl. The van der Waals surface area contributed by atoms with Gasteiger partial charge < -0.3 is 10.3 Å². The van der Waals surface area contributed by atoms with Gasteiger partial charge in [-0.05, 0) is 16.9 Å². The molecule has 72 valence electrons. The Kier molecular flexibility index (Phi) is 2.01. The summed E-state index contributed by atoms with van der Waals surface area (Å²) in [6, 6.07) is 6.73. The maximum absolute atomic E-state index is 11.2. The molecule has 2 aromatic rings. The van der Waals surface area contributed by atoms with E-state index in [-0.39, 0.29) is 5.88 Å². The van der Waals surface area contributed by atoms with Gasteiger partial charge in [-0.2, -0.15) is 0 Å². The minimum Gasteiger partial charge on any atom is -0.692 e. The molecule has 1 aromatic carbocycles. The topological polar surface area (TPSA) is 65.0 Å². The predicted molar refractivity (Wildman–Crippen MR) is 49.2 cm³/mol. The Morgan fingerprint density at radius 1 is 1.43 bits per heavy atom. The van der Waals surface area contributed by atoms with Crippen LogP contribution < -0.4 is 4.85 Å². The Morgan fingerprint density at radius 3 is 2.71 bits per heavy atom. The van der Waals surface area contributed by atoms with Crippen LogP contribution in [0.5, 0.6) is 5.88 Å². The van der Waals surface area contributed by atoms with Crippen LogP contribution >= 0.6 is 11.6 Å². The van der Waals surface area contributed by atoms with E-state index >= 15 is 0 Å². The van der Waals surface area contributed by atoms with Crippen LogP contribution in [-0.4, -0.2) is 15.0 Å². The number of hydrogen-bond acceptors (Lipinski definition) is 3. The predicted octanol–water partition coefficient (Wildman–Crippen LogP) is 0.865. The van der Waals surface area contributed by atoms with Crippen LogP contribution in [0.3, 0.4) is 0 Å². The first-order valence-corrected chi connectivity index (χ1v) is 4.19. The van der Waals surface area contributed by atoms with Gasteiger partial charge in [-0.15, -0.1) is 4.85 Å². The third-order valence-electron chi connectivity index (χ3n) is 1.68. The molecule has 0 bridgehead atoms. The molecule has 0 amide bonds. The van der Waals surface area contributed by atoms with Crippen molar-refractivity contribution in [1.29, 1.82) is 0 Å². The lowest BCUT2D eigenvalue weighted by atomic mass is 10.3. The van der Waals surface area contributed by atoms with E-state index in [9.17, 15) is 5.21 Å². The average Bonchev–Trinajstić information content (AvgIpc) is 2.46. The normalized spacial score (nSPS) is 10.4. The van der Waals surface area contributed by atoms with E-state index in [4.69, 9.17) is 16.7 Å².